The van der Waals surface area contributed by atoms with Crippen molar-refractivity contribution in [2.45, 2.75) is 33.1 Å². The van der Waals surface area contributed by atoms with Gasteiger partial charge in [0.1, 0.15) is 0 Å². The Balaban J connectivity index is 2.80. The van der Waals surface area contributed by atoms with Crippen LogP contribution in [0.25, 0.3) is 0 Å². The monoisotopic (exact) mass is 154 g/mol. The summed E-state index contributed by atoms with van der Waals surface area (Å²) in [6.45, 7) is 4.11. The van der Waals surface area contributed by atoms with Gasteiger partial charge in [-0.2, -0.15) is 0 Å². The molecule has 1 rings (SSSR count). The van der Waals surface area contributed by atoms with Crippen molar-refractivity contribution in [2.24, 2.45) is 5.41 Å². The fourth-order valence-electron chi connectivity index (χ4n) is 1.68. The van der Waals surface area contributed by atoms with Crippen molar-refractivity contribution >= 4 is 7.12 Å². The van der Waals surface area contributed by atoms with Crippen LogP contribution in [-0.4, -0.2) is 17.2 Å². The minimum absolute atomic E-state index is 0.0214. The van der Waals surface area contributed by atoms with Crippen LogP contribution in [0.3, 0.4) is 0 Å². The van der Waals surface area contributed by atoms with E-state index in [1.165, 1.54) is 0 Å². The quantitative estimate of drug-likeness (QED) is 0.556. The molecule has 0 bridgehead atoms. The Morgan fingerprint density at radius 3 is 2.45 bits per heavy atom. The summed E-state index contributed by atoms with van der Waals surface area (Å²) in [5, 5.41) is 18.0. The van der Waals surface area contributed by atoms with Crippen LogP contribution in [0.5, 0.6) is 0 Å². The van der Waals surface area contributed by atoms with Crippen molar-refractivity contribution in [3.8, 4) is 0 Å². The topological polar surface area (TPSA) is 40.5 Å². The smallest absolute Gasteiger partial charge is 0.423 e. The second-order valence-corrected chi connectivity index (χ2v) is 3.81. The summed E-state index contributed by atoms with van der Waals surface area (Å²) in [7, 11) is -1.26. The minimum atomic E-state index is -1.26. The normalized spacial score (nSPS) is 22.7. The summed E-state index contributed by atoms with van der Waals surface area (Å²) in [5.41, 5.74) is 0.760. The zero-order valence-electron chi connectivity index (χ0n) is 7.17. The second kappa shape index (κ2) is 2.99. The lowest BCUT2D eigenvalue weighted by molar-refractivity contribution is 0.347. The lowest BCUT2D eigenvalue weighted by Gasteiger charge is -2.31. The molecule has 0 unspecified atom stereocenters. The van der Waals surface area contributed by atoms with Gasteiger partial charge in [0.15, 0.2) is 0 Å². The molecule has 0 aliphatic heterocycles. The van der Waals surface area contributed by atoms with Gasteiger partial charge in [-0.15, -0.1) is 0 Å². The summed E-state index contributed by atoms with van der Waals surface area (Å²) >= 11 is 0. The Bertz CT molecular complexity index is 173. The Labute approximate surface area is 68.1 Å². The number of hydrogen-bond acceptors (Lipinski definition) is 2. The third kappa shape index (κ3) is 1.85. The third-order valence-electron chi connectivity index (χ3n) is 2.43. The van der Waals surface area contributed by atoms with Gasteiger partial charge in [-0.05, 0) is 30.1 Å². The predicted octanol–water partition coefficient (Wildman–Crippen LogP) is 1.13. The van der Waals surface area contributed by atoms with Gasteiger partial charge in [-0.25, -0.2) is 0 Å². The van der Waals surface area contributed by atoms with Gasteiger partial charge in [-0.3, -0.25) is 0 Å². The molecule has 0 amide bonds. The van der Waals surface area contributed by atoms with Crippen LogP contribution in [0.2, 0.25) is 0 Å². The standard InChI is InChI=1S/C8H15BO2/c1-8(2)6-4-3-5-7(8)9(10)11/h5,10-11H,3-4,6H2,1-2H3. The molecule has 0 aromatic rings. The summed E-state index contributed by atoms with van der Waals surface area (Å²) in [6, 6.07) is 0. The van der Waals surface area contributed by atoms with Crippen molar-refractivity contribution in [1.29, 1.82) is 0 Å². The van der Waals surface area contributed by atoms with E-state index in [1.54, 1.807) is 0 Å². The van der Waals surface area contributed by atoms with Gasteiger partial charge < -0.3 is 10.0 Å². The number of hydrogen-bond donors (Lipinski definition) is 2. The second-order valence-electron chi connectivity index (χ2n) is 3.81. The molecule has 0 fully saturated rings. The van der Waals surface area contributed by atoms with Crippen molar-refractivity contribution in [1.82, 2.24) is 0 Å². The first-order chi connectivity index (χ1) is 5.04. The fraction of sp³-hybridized carbons (Fsp3) is 0.750. The molecule has 0 radical (unpaired) electrons. The zero-order valence-corrected chi connectivity index (χ0v) is 7.17. The highest BCUT2D eigenvalue weighted by molar-refractivity contribution is 6.51. The number of rotatable bonds is 1. The Hall–Kier alpha value is -0.275. The molecule has 0 heterocycles. The summed E-state index contributed by atoms with van der Waals surface area (Å²) < 4.78 is 0. The highest BCUT2D eigenvalue weighted by atomic mass is 16.4. The largest absolute Gasteiger partial charge is 0.484 e. The molecular weight excluding hydrogens is 139 g/mol. The van der Waals surface area contributed by atoms with Crippen molar-refractivity contribution in [3.63, 3.8) is 0 Å². The van der Waals surface area contributed by atoms with Crippen LogP contribution in [0.4, 0.5) is 0 Å². The summed E-state index contributed by atoms with van der Waals surface area (Å²) in [5.74, 6) is 0. The zero-order chi connectivity index (χ0) is 8.48. The van der Waals surface area contributed by atoms with E-state index < -0.39 is 7.12 Å². The molecule has 0 atom stereocenters. The fourth-order valence-corrected chi connectivity index (χ4v) is 1.68. The van der Waals surface area contributed by atoms with E-state index in [2.05, 4.69) is 13.8 Å². The molecule has 0 saturated carbocycles. The lowest BCUT2D eigenvalue weighted by atomic mass is 9.60. The first kappa shape index (κ1) is 8.82. The summed E-state index contributed by atoms with van der Waals surface area (Å²) in [6.07, 6.45) is 5.14. The number of allylic oxidation sites excluding steroid dienone is 2. The van der Waals surface area contributed by atoms with Gasteiger partial charge >= 0.3 is 7.12 Å². The van der Waals surface area contributed by atoms with E-state index >= 15 is 0 Å². The molecule has 0 saturated heterocycles. The maximum Gasteiger partial charge on any atom is 0.484 e. The van der Waals surface area contributed by atoms with Gasteiger partial charge in [0.25, 0.3) is 0 Å². The Morgan fingerprint density at radius 1 is 1.45 bits per heavy atom. The molecule has 1 aliphatic carbocycles. The van der Waals surface area contributed by atoms with Gasteiger partial charge in [-0.1, -0.05) is 19.9 Å². The predicted molar refractivity (Wildman–Crippen MR) is 45.9 cm³/mol. The first-order valence-corrected chi connectivity index (χ1v) is 4.11. The van der Waals surface area contributed by atoms with Crippen LogP contribution in [-0.2, 0) is 0 Å². The summed E-state index contributed by atoms with van der Waals surface area (Å²) in [4.78, 5) is 0. The van der Waals surface area contributed by atoms with Crippen LogP contribution in [0.1, 0.15) is 33.1 Å². The molecule has 3 heteroatoms. The minimum Gasteiger partial charge on any atom is -0.423 e. The first-order valence-electron chi connectivity index (χ1n) is 4.11. The molecule has 2 nitrogen and oxygen atoms in total. The maximum atomic E-state index is 9.00. The molecule has 0 aromatic heterocycles. The Morgan fingerprint density at radius 2 is 2.09 bits per heavy atom. The van der Waals surface area contributed by atoms with Gasteiger partial charge in [0.2, 0.25) is 0 Å². The average molecular weight is 154 g/mol. The molecule has 11 heavy (non-hydrogen) atoms. The lowest BCUT2D eigenvalue weighted by Crippen LogP contribution is -2.30. The molecular formula is C8H15BO2. The van der Waals surface area contributed by atoms with Crippen LogP contribution >= 0.6 is 0 Å². The van der Waals surface area contributed by atoms with Crippen molar-refractivity contribution in [3.05, 3.63) is 11.5 Å². The van der Waals surface area contributed by atoms with E-state index in [9.17, 15) is 0 Å². The SMILES string of the molecule is CC1(C)CCCC=C1B(O)O. The molecule has 62 valence electrons. The van der Waals surface area contributed by atoms with Crippen LogP contribution in [0, 0.1) is 5.41 Å². The van der Waals surface area contributed by atoms with Crippen molar-refractivity contribution < 1.29 is 10.0 Å². The van der Waals surface area contributed by atoms with Crippen molar-refractivity contribution in [2.75, 3.05) is 0 Å². The van der Waals surface area contributed by atoms with E-state index in [0.29, 0.717) is 0 Å². The molecule has 1 aliphatic rings. The molecule has 0 spiro atoms. The Kier molecular flexibility index (Phi) is 2.40. The van der Waals surface area contributed by atoms with E-state index in [1.807, 2.05) is 6.08 Å². The van der Waals surface area contributed by atoms with Crippen LogP contribution in [0.15, 0.2) is 11.5 Å². The maximum absolute atomic E-state index is 9.00. The highest BCUT2D eigenvalue weighted by Gasteiger charge is 2.32. The van der Waals surface area contributed by atoms with Gasteiger partial charge in [0.05, 0.1) is 0 Å². The van der Waals surface area contributed by atoms with E-state index in [0.717, 1.165) is 24.7 Å². The molecule has 2 N–H and O–H groups in total. The third-order valence-corrected chi connectivity index (χ3v) is 2.43. The average Bonchev–Trinajstić information content (AvgIpc) is 1.85. The molecule has 0 aromatic carbocycles. The van der Waals surface area contributed by atoms with Crippen LogP contribution < -0.4 is 0 Å². The van der Waals surface area contributed by atoms with E-state index in [4.69, 9.17) is 10.0 Å². The highest BCUT2D eigenvalue weighted by Crippen LogP contribution is 2.36. The van der Waals surface area contributed by atoms with Gasteiger partial charge in [0, 0.05) is 0 Å². The van der Waals surface area contributed by atoms with E-state index in [-0.39, 0.29) is 5.41 Å².